The van der Waals surface area contributed by atoms with Gasteiger partial charge >= 0.3 is 12.2 Å². The third kappa shape index (κ3) is 6.49. The number of carbonyl (C=O) groups is 2. The number of hydrogen-bond donors (Lipinski definition) is 2. The zero-order chi connectivity index (χ0) is 23.1. The molecule has 0 aliphatic carbocycles. The van der Waals surface area contributed by atoms with Gasteiger partial charge in [-0.2, -0.15) is 9.67 Å². The van der Waals surface area contributed by atoms with Crippen LogP contribution in [0, 0.1) is 0 Å². The number of ether oxygens (including phenoxy) is 2. The van der Waals surface area contributed by atoms with Gasteiger partial charge in [-0.25, -0.2) is 19.6 Å². The van der Waals surface area contributed by atoms with Crippen LogP contribution in [-0.2, 0) is 16.1 Å². The van der Waals surface area contributed by atoms with Crippen LogP contribution in [0.3, 0.4) is 0 Å². The fourth-order valence-electron chi connectivity index (χ4n) is 2.60. The highest BCUT2D eigenvalue weighted by Crippen LogP contribution is 2.17. The Bertz CT molecular complexity index is 1050. The molecule has 0 fully saturated rings. The molecular weight excluding hydrogens is 414 g/mol. The van der Waals surface area contributed by atoms with Crippen LogP contribution in [0.5, 0.6) is 0 Å². The van der Waals surface area contributed by atoms with Gasteiger partial charge in [0.1, 0.15) is 12.2 Å². The van der Waals surface area contributed by atoms with Crippen molar-refractivity contribution in [2.75, 3.05) is 5.32 Å². The molecule has 32 heavy (non-hydrogen) atoms. The topological polar surface area (TPSA) is 133 Å². The van der Waals surface area contributed by atoms with Crippen LogP contribution in [0.15, 0.2) is 48.8 Å². The zero-order valence-electron chi connectivity index (χ0n) is 18.3. The van der Waals surface area contributed by atoms with Gasteiger partial charge < -0.3 is 14.8 Å². The molecule has 0 spiro atoms. The van der Waals surface area contributed by atoms with Gasteiger partial charge in [0.05, 0.1) is 6.04 Å². The van der Waals surface area contributed by atoms with Crippen LogP contribution in [0.25, 0.3) is 5.95 Å². The van der Waals surface area contributed by atoms with Crippen LogP contribution in [-0.4, -0.2) is 42.5 Å². The minimum Gasteiger partial charge on any atom is -0.444 e. The van der Waals surface area contributed by atoms with Crippen LogP contribution in [0.2, 0.25) is 0 Å². The molecule has 3 aromatic rings. The molecule has 11 nitrogen and oxygen atoms in total. The molecule has 0 saturated carbocycles. The standard InChI is InChI=1S/C21H25N7O4/c1-14(24-20(30)32-21(2,3)4)16-25-17(27-28(16)18-22-11-8-12-23-18)26-19(29)31-13-15-9-6-5-7-10-15/h5-12,14H,13H2,1-4H3,(H,24,30)(H,26,27,29)/t14-/m0/s1. The van der Waals surface area contributed by atoms with E-state index in [1.807, 2.05) is 30.3 Å². The molecule has 3 rings (SSSR count). The van der Waals surface area contributed by atoms with Crippen LogP contribution in [0.1, 0.15) is 45.1 Å². The number of benzene rings is 1. The third-order valence-corrected chi connectivity index (χ3v) is 3.92. The summed E-state index contributed by atoms with van der Waals surface area (Å²) in [5, 5.41) is 9.43. The van der Waals surface area contributed by atoms with Crippen molar-refractivity contribution in [3.8, 4) is 5.95 Å². The molecule has 0 radical (unpaired) electrons. The van der Waals surface area contributed by atoms with Crippen LogP contribution >= 0.6 is 0 Å². The molecule has 0 bridgehead atoms. The maximum atomic E-state index is 12.2. The van der Waals surface area contributed by atoms with Crippen molar-refractivity contribution in [1.29, 1.82) is 0 Å². The SMILES string of the molecule is C[C@H](NC(=O)OC(C)(C)C)c1nc(NC(=O)OCc2ccccc2)nn1-c1ncccn1. The van der Waals surface area contributed by atoms with Gasteiger partial charge in [-0.3, -0.25) is 5.32 Å². The number of anilines is 1. The van der Waals surface area contributed by atoms with E-state index >= 15 is 0 Å². The lowest BCUT2D eigenvalue weighted by Crippen LogP contribution is -2.35. The molecule has 2 amide bonds. The number of alkyl carbamates (subject to hydrolysis) is 1. The predicted molar refractivity (Wildman–Crippen MR) is 115 cm³/mol. The molecule has 2 N–H and O–H groups in total. The van der Waals surface area contributed by atoms with Crippen molar-refractivity contribution in [1.82, 2.24) is 30.0 Å². The van der Waals surface area contributed by atoms with E-state index < -0.39 is 23.8 Å². The first-order chi connectivity index (χ1) is 15.2. The molecule has 11 heteroatoms. The maximum absolute atomic E-state index is 12.2. The number of nitrogens with zero attached hydrogens (tertiary/aromatic N) is 5. The highest BCUT2D eigenvalue weighted by Gasteiger charge is 2.24. The number of carbonyl (C=O) groups excluding carboxylic acids is 2. The smallest absolute Gasteiger partial charge is 0.414 e. The highest BCUT2D eigenvalue weighted by molar-refractivity contribution is 5.82. The molecule has 0 aliphatic rings. The summed E-state index contributed by atoms with van der Waals surface area (Å²) in [4.78, 5) is 37.0. The van der Waals surface area contributed by atoms with E-state index in [1.165, 1.54) is 4.68 Å². The minimum atomic E-state index is -0.723. The molecular formula is C21H25N7O4. The summed E-state index contributed by atoms with van der Waals surface area (Å²) >= 11 is 0. The van der Waals surface area contributed by atoms with Crippen molar-refractivity contribution in [3.05, 3.63) is 60.2 Å². The van der Waals surface area contributed by atoms with E-state index in [1.54, 1.807) is 46.2 Å². The van der Waals surface area contributed by atoms with Crippen LogP contribution < -0.4 is 10.6 Å². The molecule has 1 aromatic carbocycles. The Labute approximate surface area is 185 Å². The van der Waals surface area contributed by atoms with Gasteiger partial charge in [0.25, 0.3) is 11.9 Å². The monoisotopic (exact) mass is 439 g/mol. The highest BCUT2D eigenvalue weighted by atomic mass is 16.6. The minimum absolute atomic E-state index is 0.0247. The van der Waals surface area contributed by atoms with E-state index in [0.717, 1.165) is 5.56 Å². The lowest BCUT2D eigenvalue weighted by Gasteiger charge is -2.21. The quantitative estimate of drug-likeness (QED) is 0.597. The van der Waals surface area contributed by atoms with Crippen molar-refractivity contribution in [2.24, 2.45) is 0 Å². The van der Waals surface area contributed by atoms with Crippen molar-refractivity contribution in [2.45, 2.75) is 45.9 Å². The average molecular weight is 439 g/mol. The Balaban J connectivity index is 1.75. The predicted octanol–water partition coefficient (Wildman–Crippen LogP) is 3.39. The summed E-state index contributed by atoms with van der Waals surface area (Å²) in [6.07, 6.45) is 1.74. The molecule has 2 heterocycles. The van der Waals surface area contributed by atoms with E-state index in [2.05, 4.69) is 30.7 Å². The molecule has 0 unspecified atom stereocenters. The molecule has 0 aliphatic heterocycles. The normalized spacial score (nSPS) is 12.0. The molecule has 2 aromatic heterocycles. The second kappa shape index (κ2) is 9.86. The summed E-state index contributed by atoms with van der Waals surface area (Å²) < 4.78 is 11.8. The Hall–Kier alpha value is -4.02. The fourth-order valence-corrected chi connectivity index (χ4v) is 2.60. The second-order valence-electron chi connectivity index (χ2n) is 7.81. The van der Waals surface area contributed by atoms with E-state index in [0.29, 0.717) is 5.82 Å². The largest absolute Gasteiger partial charge is 0.444 e. The summed E-state index contributed by atoms with van der Waals surface area (Å²) in [6, 6.07) is 10.3. The van der Waals surface area contributed by atoms with Gasteiger partial charge in [0.2, 0.25) is 0 Å². The summed E-state index contributed by atoms with van der Waals surface area (Å²) in [6.45, 7) is 7.09. The number of amides is 2. The molecule has 0 saturated heterocycles. The molecule has 168 valence electrons. The van der Waals surface area contributed by atoms with E-state index in [-0.39, 0.29) is 18.5 Å². The van der Waals surface area contributed by atoms with Gasteiger partial charge in [-0.05, 0) is 39.3 Å². The number of hydrogen-bond acceptors (Lipinski definition) is 8. The summed E-state index contributed by atoms with van der Waals surface area (Å²) in [5.41, 5.74) is 0.185. The first kappa shape index (κ1) is 22.7. The Morgan fingerprint density at radius 1 is 1.06 bits per heavy atom. The Kier molecular flexibility index (Phi) is 6.98. The summed E-state index contributed by atoms with van der Waals surface area (Å²) in [7, 11) is 0. The van der Waals surface area contributed by atoms with Gasteiger partial charge in [-0.15, -0.1) is 5.10 Å². The van der Waals surface area contributed by atoms with Gasteiger partial charge in [-0.1, -0.05) is 30.3 Å². The summed E-state index contributed by atoms with van der Waals surface area (Å²) in [5.74, 6) is 0.488. The second-order valence-corrected chi connectivity index (χ2v) is 7.81. The van der Waals surface area contributed by atoms with Crippen molar-refractivity contribution < 1.29 is 19.1 Å². The van der Waals surface area contributed by atoms with Gasteiger partial charge in [0.15, 0.2) is 5.82 Å². The third-order valence-electron chi connectivity index (χ3n) is 3.92. The lowest BCUT2D eigenvalue weighted by molar-refractivity contribution is 0.0505. The fraction of sp³-hybridized carbons (Fsp3) is 0.333. The van der Waals surface area contributed by atoms with E-state index in [4.69, 9.17) is 9.47 Å². The number of rotatable bonds is 6. The first-order valence-electron chi connectivity index (χ1n) is 9.93. The molecule has 1 atom stereocenters. The maximum Gasteiger partial charge on any atom is 0.414 e. The Morgan fingerprint density at radius 2 is 1.75 bits per heavy atom. The Morgan fingerprint density at radius 3 is 2.41 bits per heavy atom. The first-order valence-corrected chi connectivity index (χ1v) is 9.93. The van der Waals surface area contributed by atoms with Crippen molar-refractivity contribution >= 4 is 18.1 Å². The number of nitrogens with one attached hydrogen (secondary N) is 2. The number of aromatic nitrogens is 5. The lowest BCUT2D eigenvalue weighted by atomic mass is 10.2. The average Bonchev–Trinajstić information content (AvgIpc) is 3.16. The van der Waals surface area contributed by atoms with Crippen molar-refractivity contribution in [3.63, 3.8) is 0 Å². The van der Waals surface area contributed by atoms with E-state index in [9.17, 15) is 9.59 Å². The zero-order valence-corrected chi connectivity index (χ0v) is 18.3. The van der Waals surface area contributed by atoms with Gasteiger partial charge in [0, 0.05) is 12.4 Å². The van der Waals surface area contributed by atoms with Crippen LogP contribution in [0.4, 0.5) is 15.5 Å².